The summed E-state index contributed by atoms with van der Waals surface area (Å²) in [5.74, 6) is -1.84. The first-order valence-electron chi connectivity index (χ1n) is 12.2. The van der Waals surface area contributed by atoms with E-state index in [0.29, 0.717) is 45.9 Å². The van der Waals surface area contributed by atoms with Crippen LogP contribution in [0.1, 0.15) is 30.0 Å². The topological polar surface area (TPSA) is 111 Å². The lowest BCUT2D eigenvalue weighted by Crippen LogP contribution is -2.31. The van der Waals surface area contributed by atoms with Gasteiger partial charge in [0.15, 0.2) is 0 Å². The predicted octanol–water partition coefficient (Wildman–Crippen LogP) is 4.35. The van der Waals surface area contributed by atoms with E-state index in [0.717, 1.165) is 18.7 Å². The van der Waals surface area contributed by atoms with Crippen molar-refractivity contribution in [1.82, 2.24) is 5.32 Å². The fraction of sp³-hybridized carbons (Fsp3) is 0.207. The highest BCUT2D eigenvalue weighted by atomic mass is 19.1. The summed E-state index contributed by atoms with van der Waals surface area (Å²) in [5, 5.41) is 18.2. The van der Waals surface area contributed by atoms with E-state index in [4.69, 9.17) is 5.11 Å². The van der Waals surface area contributed by atoms with Crippen molar-refractivity contribution in [3.8, 4) is 0 Å². The maximum absolute atomic E-state index is 13.8. The molecule has 0 bridgehead atoms. The second-order valence-electron chi connectivity index (χ2n) is 8.96. The largest absolute Gasteiger partial charge is 0.481 e. The molecule has 3 aromatic carbocycles. The number of nitrogens with zero attached hydrogens (tertiary/aromatic N) is 1. The van der Waals surface area contributed by atoms with Crippen molar-refractivity contribution >= 4 is 46.1 Å². The van der Waals surface area contributed by atoms with Gasteiger partial charge in [-0.15, -0.1) is 0 Å². The molecule has 0 radical (unpaired) electrons. The summed E-state index contributed by atoms with van der Waals surface area (Å²) in [6, 6.07) is 18.3. The van der Waals surface area contributed by atoms with Gasteiger partial charge in [0.2, 0.25) is 5.91 Å². The third-order valence-corrected chi connectivity index (χ3v) is 6.21. The van der Waals surface area contributed by atoms with Crippen LogP contribution < -0.4 is 20.9 Å². The van der Waals surface area contributed by atoms with Gasteiger partial charge < -0.3 is 26.0 Å². The lowest BCUT2D eigenvalue weighted by Gasteiger charge is -2.22. The number of fused-ring (bicyclic) bond motifs is 1. The van der Waals surface area contributed by atoms with Crippen LogP contribution in [0.2, 0.25) is 0 Å². The van der Waals surface area contributed by atoms with E-state index >= 15 is 0 Å². The normalized spacial score (nSPS) is 13.5. The molecule has 0 fully saturated rings. The van der Waals surface area contributed by atoms with Gasteiger partial charge in [-0.2, -0.15) is 0 Å². The summed E-state index contributed by atoms with van der Waals surface area (Å²) >= 11 is 0. The maximum Gasteiger partial charge on any atom is 0.307 e. The number of hydrogen-bond donors (Lipinski definition) is 4. The van der Waals surface area contributed by atoms with Gasteiger partial charge in [-0.1, -0.05) is 24.3 Å². The maximum atomic E-state index is 13.8. The standard InChI is InChI=1S/C29H29FN4O4/c1-18(35)34(15-3-14-31-2)23-11-9-22(10-12-23)32-28(20-6-4-19(5-7-20)16-26(36)37)27-24-13-8-21(30)17-25(24)33-29(27)38/h4-13,17,31-32H,3,14-16H2,1-2H3,(H,33,38)(H,36,37). The molecule has 0 saturated carbocycles. The Balaban J connectivity index is 1.71. The van der Waals surface area contributed by atoms with Crippen molar-refractivity contribution in [2.45, 2.75) is 19.8 Å². The number of hydrogen-bond acceptors (Lipinski definition) is 5. The number of amides is 2. The number of rotatable bonds is 10. The first-order valence-corrected chi connectivity index (χ1v) is 12.2. The lowest BCUT2D eigenvalue weighted by atomic mass is 9.98. The number of halogens is 1. The first-order chi connectivity index (χ1) is 18.3. The number of anilines is 3. The van der Waals surface area contributed by atoms with E-state index in [2.05, 4.69) is 16.0 Å². The van der Waals surface area contributed by atoms with Crippen molar-refractivity contribution in [1.29, 1.82) is 0 Å². The van der Waals surface area contributed by atoms with E-state index in [1.54, 1.807) is 35.2 Å². The van der Waals surface area contributed by atoms with E-state index in [-0.39, 0.29) is 18.2 Å². The van der Waals surface area contributed by atoms with Crippen LogP contribution in [0.15, 0.2) is 66.7 Å². The van der Waals surface area contributed by atoms with E-state index in [1.807, 2.05) is 31.3 Å². The Morgan fingerprint density at radius 2 is 1.74 bits per heavy atom. The van der Waals surface area contributed by atoms with Gasteiger partial charge in [-0.25, -0.2) is 4.39 Å². The number of carboxylic acids is 1. The Morgan fingerprint density at radius 1 is 1.03 bits per heavy atom. The molecule has 1 heterocycles. The summed E-state index contributed by atoms with van der Waals surface area (Å²) < 4.78 is 13.8. The zero-order chi connectivity index (χ0) is 27.2. The molecule has 0 aliphatic carbocycles. The zero-order valence-corrected chi connectivity index (χ0v) is 21.2. The fourth-order valence-corrected chi connectivity index (χ4v) is 4.39. The minimum atomic E-state index is -0.939. The monoisotopic (exact) mass is 516 g/mol. The SMILES string of the molecule is CNCCCN(C(C)=O)c1ccc(NC(=C2C(=O)Nc3cc(F)ccc32)c2ccc(CC(=O)O)cc2)cc1. The summed E-state index contributed by atoms with van der Waals surface area (Å²) in [7, 11) is 1.86. The average molecular weight is 517 g/mol. The summed E-state index contributed by atoms with van der Waals surface area (Å²) in [6.45, 7) is 2.90. The van der Waals surface area contributed by atoms with Crippen LogP contribution in [0.25, 0.3) is 11.3 Å². The van der Waals surface area contributed by atoms with Crippen molar-refractivity contribution < 1.29 is 23.9 Å². The first kappa shape index (κ1) is 26.6. The molecule has 4 rings (SSSR count). The molecule has 1 aliphatic heterocycles. The highest BCUT2D eigenvalue weighted by Crippen LogP contribution is 2.38. The van der Waals surface area contributed by atoms with Crippen LogP contribution in [0, 0.1) is 5.82 Å². The van der Waals surface area contributed by atoms with E-state index in [1.165, 1.54) is 19.1 Å². The van der Waals surface area contributed by atoms with E-state index in [9.17, 15) is 18.8 Å². The fourth-order valence-electron chi connectivity index (χ4n) is 4.39. The van der Waals surface area contributed by atoms with Crippen LogP contribution in [-0.4, -0.2) is 43.0 Å². The molecule has 9 heteroatoms. The molecule has 38 heavy (non-hydrogen) atoms. The number of carboxylic acid groups (broad SMARTS) is 1. The second kappa shape index (κ2) is 11.7. The van der Waals surface area contributed by atoms with Gasteiger partial charge in [0.1, 0.15) is 5.82 Å². The molecule has 0 aromatic heterocycles. The third kappa shape index (κ3) is 6.07. The minimum Gasteiger partial charge on any atom is -0.481 e. The van der Waals surface area contributed by atoms with Crippen LogP contribution in [0.3, 0.4) is 0 Å². The van der Waals surface area contributed by atoms with Crippen molar-refractivity contribution in [3.63, 3.8) is 0 Å². The van der Waals surface area contributed by atoms with Gasteiger partial charge in [-0.3, -0.25) is 14.4 Å². The summed E-state index contributed by atoms with van der Waals surface area (Å²) in [4.78, 5) is 38.1. The molecule has 3 aromatic rings. The Morgan fingerprint density at radius 3 is 2.37 bits per heavy atom. The highest BCUT2D eigenvalue weighted by Gasteiger charge is 2.29. The molecular formula is C29H29FN4O4. The summed E-state index contributed by atoms with van der Waals surface area (Å²) in [6.07, 6.45) is 0.684. The molecular weight excluding hydrogens is 487 g/mol. The predicted molar refractivity (Wildman–Crippen MR) is 146 cm³/mol. The molecule has 4 N–H and O–H groups in total. The number of benzene rings is 3. The Kier molecular flexibility index (Phi) is 8.18. The molecule has 8 nitrogen and oxygen atoms in total. The van der Waals surface area contributed by atoms with Crippen molar-refractivity contribution in [2.24, 2.45) is 0 Å². The van der Waals surface area contributed by atoms with Crippen molar-refractivity contribution in [3.05, 3.63) is 89.2 Å². The van der Waals surface area contributed by atoms with Crippen LogP contribution in [0.5, 0.6) is 0 Å². The van der Waals surface area contributed by atoms with Crippen LogP contribution in [0.4, 0.5) is 21.5 Å². The van der Waals surface area contributed by atoms with Gasteiger partial charge in [0.05, 0.1) is 23.4 Å². The molecule has 0 unspecified atom stereocenters. The Bertz CT molecular complexity index is 1380. The second-order valence-corrected chi connectivity index (χ2v) is 8.96. The highest BCUT2D eigenvalue weighted by molar-refractivity contribution is 6.37. The zero-order valence-electron chi connectivity index (χ0n) is 21.2. The van der Waals surface area contributed by atoms with Gasteiger partial charge in [-0.05, 0) is 73.6 Å². The molecule has 0 spiro atoms. The molecule has 0 saturated heterocycles. The van der Waals surface area contributed by atoms with Crippen molar-refractivity contribution in [2.75, 3.05) is 35.7 Å². The Hall–Kier alpha value is -4.50. The molecule has 196 valence electrons. The van der Waals surface area contributed by atoms with Gasteiger partial charge >= 0.3 is 5.97 Å². The van der Waals surface area contributed by atoms with E-state index < -0.39 is 11.8 Å². The van der Waals surface area contributed by atoms with Crippen LogP contribution in [-0.2, 0) is 20.8 Å². The van der Waals surface area contributed by atoms with Gasteiger partial charge in [0, 0.05) is 30.4 Å². The third-order valence-electron chi connectivity index (χ3n) is 6.21. The number of carbonyl (C=O) groups is 3. The summed E-state index contributed by atoms with van der Waals surface area (Å²) in [5.41, 5.74) is 4.46. The lowest BCUT2D eigenvalue weighted by molar-refractivity contribution is -0.136. The smallest absolute Gasteiger partial charge is 0.307 e. The number of aliphatic carboxylic acids is 1. The van der Waals surface area contributed by atoms with Crippen LogP contribution >= 0.6 is 0 Å². The van der Waals surface area contributed by atoms with Gasteiger partial charge in [0.25, 0.3) is 5.91 Å². The average Bonchev–Trinajstić information content (AvgIpc) is 3.20. The quantitative estimate of drug-likeness (QED) is 0.236. The Labute approximate surface area is 220 Å². The number of nitrogens with one attached hydrogen (secondary N) is 3. The molecule has 2 amide bonds. The number of carbonyl (C=O) groups excluding carboxylic acids is 2. The molecule has 0 atom stereocenters. The molecule has 1 aliphatic rings. The minimum absolute atomic E-state index is 0.0578.